The Morgan fingerprint density at radius 1 is 1.12 bits per heavy atom. The van der Waals surface area contributed by atoms with Gasteiger partial charge in [-0.1, -0.05) is 24.6 Å². The van der Waals surface area contributed by atoms with Crippen molar-refractivity contribution in [1.29, 1.82) is 0 Å². The van der Waals surface area contributed by atoms with Crippen molar-refractivity contribution >= 4 is 22.6 Å². The van der Waals surface area contributed by atoms with Crippen LogP contribution in [0.15, 0.2) is 30.5 Å². The van der Waals surface area contributed by atoms with Gasteiger partial charge in [-0.2, -0.15) is 0 Å². The number of hydrogen-bond donors (Lipinski definition) is 1. The molecular formula is C21H29N3O2. The van der Waals surface area contributed by atoms with Crippen molar-refractivity contribution in [3.63, 3.8) is 0 Å². The number of fused-ring (bicyclic) bond motifs is 1. The number of carbonyl (C=O) groups is 2. The second-order valence-electron chi connectivity index (χ2n) is 7.40. The predicted octanol–water partition coefficient (Wildman–Crippen LogP) is 3.40. The Balaban J connectivity index is 1.60. The Morgan fingerprint density at radius 3 is 2.58 bits per heavy atom. The lowest BCUT2D eigenvalue weighted by Crippen LogP contribution is -2.35. The smallest absolute Gasteiger partial charge is 0.292 e. The van der Waals surface area contributed by atoms with E-state index in [1.54, 1.807) is 0 Å². The lowest BCUT2D eigenvalue weighted by Gasteiger charge is -2.26. The third kappa shape index (κ3) is 4.15. The summed E-state index contributed by atoms with van der Waals surface area (Å²) in [4.78, 5) is 27.4. The van der Waals surface area contributed by atoms with E-state index in [0.717, 1.165) is 37.0 Å². The Kier molecular flexibility index (Phi) is 6.09. The van der Waals surface area contributed by atoms with Gasteiger partial charge in [-0.15, -0.1) is 0 Å². The number of likely N-dealkylation sites (tertiary alicyclic amines) is 1. The number of nitrogens with one attached hydrogen (secondary N) is 1. The minimum Gasteiger partial charge on any atom is -0.349 e. The molecule has 0 aliphatic carbocycles. The molecule has 0 atom stereocenters. The van der Waals surface area contributed by atoms with Gasteiger partial charge in [0.05, 0.1) is 5.56 Å². The molecule has 0 spiro atoms. The number of hydrogen-bond acceptors (Lipinski definition) is 3. The van der Waals surface area contributed by atoms with E-state index in [9.17, 15) is 9.59 Å². The first-order chi connectivity index (χ1) is 12.6. The molecule has 1 amide bonds. The number of Topliss-reactive ketones (excluding diaryl/α,β-unsaturated/α-hetero) is 1. The highest BCUT2D eigenvalue weighted by Crippen LogP contribution is 2.25. The summed E-state index contributed by atoms with van der Waals surface area (Å²) in [5.41, 5.74) is 1.48. The first kappa shape index (κ1) is 18.6. The van der Waals surface area contributed by atoms with E-state index in [0.29, 0.717) is 12.1 Å². The third-order valence-electron chi connectivity index (χ3n) is 5.13. The summed E-state index contributed by atoms with van der Waals surface area (Å²) < 4.78 is 2.05. The van der Waals surface area contributed by atoms with E-state index in [4.69, 9.17) is 0 Å². The Bertz CT molecular complexity index is 773. The third-order valence-corrected chi connectivity index (χ3v) is 5.13. The SMILES string of the molecule is CC(C)n1cc(C(=O)C(=O)NCCCN2CCCCC2)c2ccccc21. The van der Waals surface area contributed by atoms with E-state index in [1.165, 1.54) is 19.3 Å². The van der Waals surface area contributed by atoms with Gasteiger partial charge >= 0.3 is 0 Å². The average Bonchev–Trinajstić information content (AvgIpc) is 3.05. The average molecular weight is 355 g/mol. The minimum atomic E-state index is -0.504. The Morgan fingerprint density at radius 2 is 1.85 bits per heavy atom. The molecule has 0 bridgehead atoms. The quantitative estimate of drug-likeness (QED) is 0.470. The van der Waals surface area contributed by atoms with Crippen molar-refractivity contribution < 1.29 is 9.59 Å². The van der Waals surface area contributed by atoms with Crippen molar-refractivity contribution in [2.45, 2.75) is 45.6 Å². The molecule has 26 heavy (non-hydrogen) atoms. The summed E-state index contributed by atoms with van der Waals surface area (Å²) in [5, 5.41) is 3.64. The van der Waals surface area contributed by atoms with Crippen LogP contribution < -0.4 is 5.32 Å². The summed E-state index contributed by atoms with van der Waals surface area (Å²) in [6.07, 6.45) is 6.55. The van der Waals surface area contributed by atoms with Crippen LogP contribution in [0.1, 0.15) is 55.9 Å². The second-order valence-corrected chi connectivity index (χ2v) is 7.40. The van der Waals surface area contributed by atoms with Crippen LogP contribution in [-0.4, -0.2) is 47.3 Å². The maximum absolute atomic E-state index is 12.7. The number of carbonyl (C=O) groups excluding carboxylic acids is 2. The number of nitrogens with zero attached hydrogens (tertiary/aromatic N) is 2. The molecule has 140 valence electrons. The van der Waals surface area contributed by atoms with Crippen molar-refractivity contribution in [3.8, 4) is 0 Å². The molecule has 3 rings (SSSR count). The van der Waals surface area contributed by atoms with Crippen molar-refractivity contribution in [1.82, 2.24) is 14.8 Å². The van der Waals surface area contributed by atoms with Gasteiger partial charge in [0.25, 0.3) is 11.7 Å². The van der Waals surface area contributed by atoms with Gasteiger partial charge in [0.2, 0.25) is 0 Å². The zero-order chi connectivity index (χ0) is 18.5. The normalized spacial score (nSPS) is 15.5. The zero-order valence-corrected chi connectivity index (χ0v) is 15.8. The largest absolute Gasteiger partial charge is 0.349 e. The Labute approximate surface area is 155 Å². The molecule has 2 aromatic rings. The number of aromatic nitrogens is 1. The lowest BCUT2D eigenvalue weighted by molar-refractivity contribution is -0.117. The van der Waals surface area contributed by atoms with E-state index < -0.39 is 11.7 Å². The highest BCUT2D eigenvalue weighted by molar-refractivity contribution is 6.45. The predicted molar refractivity (Wildman–Crippen MR) is 105 cm³/mol. The molecule has 2 heterocycles. The van der Waals surface area contributed by atoms with Gasteiger partial charge in [-0.25, -0.2) is 0 Å². The maximum Gasteiger partial charge on any atom is 0.292 e. The molecular weight excluding hydrogens is 326 g/mol. The summed E-state index contributed by atoms with van der Waals surface area (Å²) in [5.74, 6) is -0.950. The summed E-state index contributed by atoms with van der Waals surface area (Å²) in [7, 11) is 0. The Hall–Kier alpha value is -2.14. The number of para-hydroxylation sites is 1. The first-order valence-corrected chi connectivity index (χ1v) is 9.72. The molecule has 1 fully saturated rings. The minimum absolute atomic E-state index is 0.231. The highest BCUT2D eigenvalue weighted by Gasteiger charge is 2.22. The number of rotatable bonds is 7. The van der Waals surface area contributed by atoms with Crippen molar-refractivity contribution in [3.05, 3.63) is 36.0 Å². The van der Waals surface area contributed by atoms with Gasteiger partial charge < -0.3 is 14.8 Å². The molecule has 0 saturated carbocycles. The fourth-order valence-electron chi connectivity index (χ4n) is 3.70. The topological polar surface area (TPSA) is 54.3 Å². The van der Waals surface area contributed by atoms with Gasteiger partial charge in [-0.05, 0) is 58.8 Å². The van der Waals surface area contributed by atoms with E-state index in [2.05, 4.69) is 24.1 Å². The zero-order valence-electron chi connectivity index (χ0n) is 15.8. The molecule has 1 saturated heterocycles. The molecule has 1 aromatic carbocycles. The fourth-order valence-corrected chi connectivity index (χ4v) is 3.70. The van der Waals surface area contributed by atoms with Crippen LogP contribution in [0.2, 0.25) is 0 Å². The van der Waals surface area contributed by atoms with Crippen molar-refractivity contribution in [2.24, 2.45) is 0 Å². The van der Waals surface area contributed by atoms with E-state index >= 15 is 0 Å². The van der Waals surface area contributed by atoms with Crippen LogP contribution >= 0.6 is 0 Å². The fraction of sp³-hybridized carbons (Fsp3) is 0.524. The first-order valence-electron chi connectivity index (χ1n) is 9.72. The van der Waals surface area contributed by atoms with Crippen LogP contribution in [0.4, 0.5) is 0 Å². The molecule has 1 aromatic heterocycles. The summed E-state index contributed by atoms with van der Waals surface area (Å²) in [6, 6.07) is 7.98. The maximum atomic E-state index is 12.7. The second kappa shape index (κ2) is 8.49. The number of benzene rings is 1. The van der Waals surface area contributed by atoms with Crippen molar-refractivity contribution in [2.75, 3.05) is 26.2 Å². The number of piperidine rings is 1. The van der Waals surface area contributed by atoms with Gasteiger partial charge in [0.1, 0.15) is 0 Å². The van der Waals surface area contributed by atoms with Crippen LogP contribution in [-0.2, 0) is 4.79 Å². The van der Waals surface area contributed by atoms with Gasteiger partial charge in [-0.3, -0.25) is 9.59 Å². The van der Waals surface area contributed by atoms with Crippen LogP contribution in [0, 0.1) is 0 Å². The highest BCUT2D eigenvalue weighted by atomic mass is 16.2. The van der Waals surface area contributed by atoms with E-state index in [-0.39, 0.29) is 6.04 Å². The number of amides is 1. The van der Waals surface area contributed by atoms with Crippen LogP contribution in [0.3, 0.4) is 0 Å². The molecule has 1 aliphatic rings. The molecule has 5 nitrogen and oxygen atoms in total. The summed E-state index contributed by atoms with van der Waals surface area (Å²) >= 11 is 0. The lowest BCUT2D eigenvalue weighted by atomic mass is 10.1. The van der Waals surface area contributed by atoms with Gasteiger partial charge in [0, 0.05) is 29.7 Å². The molecule has 0 radical (unpaired) electrons. The van der Waals surface area contributed by atoms with E-state index in [1.807, 2.05) is 35.0 Å². The monoisotopic (exact) mass is 355 g/mol. The van der Waals surface area contributed by atoms with Crippen LogP contribution in [0.5, 0.6) is 0 Å². The standard InChI is InChI=1S/C21H29N3O2/c1-16(2)24-15-18(17-9-4-5-10-19(17)24)20(25)21(26)22-11-8-14-23-12-6-3-7-13-23/h4-5,9-10,15-16H,3,6-8,11-14H2,1-2H3,(H,22,26). The number of ketones is 1. The van der Waals surface area contributed by atoms with Gasteiger partial charge in [0.15, 0.2) is 0 Å². The summed E-state index contributed by atoms with van der Waals surface area (Å²) in [6.45, 7) is 7.98. The molecule has 5 heteroatoms. The molecule has 1 N–H and O–H groups in total. The molecule has 1 aliphatic heterocycles. The molecule has 0 unspecified atom stereocenters. The van der Waals surface area contributed by atoms with Crippen LogP contribution in [0.25, 0.3) is 10.9 Å².